The Hall–Kier alpha value is -2.45. The molecule has 176 valence electrons. The summed E-state index contributed by atoms with van der Waals surface area (Å²) in [5.74, 6) is -4.92. The molecule has 3 aromatic rings. The van der Waals surface area contributed by atoms with Gasteiger partial charge in [-0.15, -0.1) is 23.2 Å². The molecule has 1 aromatic heterocycles. The van der Waals surface area contributed by atoms with E-state index in [-0.39, 0.29) is 16.3 Å². The fourth-order valence-corrected chi connectivity index (χ4v) is 5.02. The smallest absolute Gasteiger partial charge is 0.258 e. The highest BCUT2D eigenvalue weighted by Gasteiger charge is 2.67. The molecule has 2 amide bonds. The molecule has 1 aliphatic carbocycles. The number of halogens is 6. The van der Waals surface area contributed by atoms with Crippen molar-refractivity contribution in [2.24, 2.45) is 5.92 Å². The Morgan fingerprint density at radius 1 is 1.03 bits per heavy atom. The molecule has 5 nitrogen and oxygen atoms in total. The molecule has 4 rings (SSSR count). The van der Waals surface area contributed by atoms with Crippen molar-refractivity contribution < 1.29 is 18.4 Å². The van der Waals surface area contributed by atoms with E-state index in [1.165, 1.54) is 18.2 Å². The quantitative estimate of drug-likeness (QED) is 0.349. The summed E-state index contributed by atoms with van der Waals surface area (Å²) in [5.41, 5.74) is 1.81. The molecule has 0 unspecified atom stereocenters. The number of anilines is 2. The van der Waals surface area contributed by atoms with E-state index in [0.717, 1.165) is 17.3 Å². The van der Waals surface area contributed by atoms with Crippen LogP contribution in [0.3, 0.4) is 0 Å². The van der Waals surface area contributed by atoms with Crippen molar-refractivity contribution in [3.63, 3.8) is 0 Å². The number of amides is 2. The molecule has 0 saturated heterocycles. The van der Waals surface area contributed by atoms with Crippen molar-refractivity contribution in [1.29, 1.82) is 0 Å². The van der Waals surface area contributed by atoms with E-state index in [2.05, 4.69) is 15.6 Å². The van der Waals surface area contributed by atoms with E-state index < -0.39 is 45.4 Å². The average molecular weight is 545 g/mol. The zero-order valence-electron chi connectivity index (χ0n) is 17.3. The summed E-state index contributed by atoms with van der Waals surface area (Å²) in [4.78, 5) is 29.0. The normalized spacial score (nSPS) is 18.3. The Kier molecular flexibility index (Phi) is 6.75. The van der Waals surface area contributed by atoms with Crippen LogP contribution in [0.5, 0.6) is 0 Å². The number of carbonyl (C=O) groups is 2. The first kappa shape index (κ1) is 24.7. The van der Waals surface area contributed by atoms with Gasteiger partial charge in [0, 0.05) is 22.7 Å². The minimum Gasteiger partial charge on any atom is -0.326 e. The number of hydrogen-bond acceptors (Lipinski definition) is 3. The molecule has 0 radical (unpaired) electrons. The van der Waals surface area contributed by atoms with Crippen LogP contribution in [0.4, 0.5) is 20.3 Å². The van der Waals surface area contributed by atoms with E-state index >= 15 is 0 Å². The Morgan fingerprint density at radius 2 is 1.76 bits per heavy atom. The molecule has 0 spiro atoms. The number of nitrogens with zero attached hydrogens (tertiary/aromatic N) is 1. The maximum Gasteiger partial charge on any atom is 0.258 e. The predicted molar refractivity (Wildman–Crippen MR) is 129 cm³/mol. The lowest BCUT2D eigenvalue weighted by molar-refractivity contribution is -0.117. The molecule has 1 heterocycles. The van der Waals surface area contributed by atoms with E-state index in [1.807, 2.05) is 13.0 Å². The fourth-order valence-electron chi connectivity index (χ4n) is 3.69. The van der Waals surface area contributed by atoms with Gasteiger partial charge in [-0.1, -0.05) is 29.3 Å². The second-order valence-electron chi connectivity index (χ2n) is 7.81. The van der Waals surface area contributed by atoms with Crippen molar-refractivity contribution in [3.05, 3.63) is 87.0 Å². The van der Waals surface area contributed by atoms with E-state index in [1.54, 1.807) is 12.1 Å². The minimum atomic E-state index is -1.33. The lowest BCUT2D eigenvalue weighted by Crippen LogP contribution is -2.18. The van der Waals surface area contributed by atoms with Gasteiger partial charge in [-0.05, 0) is 48.4 Å². The van der Waals surface area contributed by atoms with Crippen molar-refractivity contribution >= 4 is 69.7 Å². The zero-order valence-corrected chi connectivity index (χ0v) is 20.3. The fraction of sp³-hybridized carbons (Fsp3) is 0.174. The molecular formula is C23H15Cl4F2N3O2. The van der Waals surface area contributed by atoms with E-state index in [0.29, 0.717) is 11.1 Å². The standard InChI is InChI=1S/C23H15Cl4F2N3O2/c1-10-4-11(6-12(24)5-10)18-19(23(18,26)27)22(34)31-14-2-3-16(25)15(8-14)21(33)32-20-17(29)7-13(28)9-30-20/h2-9,18-19H,1H3,(H,31,34)(H,30,32,33)/t18-,19+/m0/s1. The molecule has 1 fully saturated rings. The number of hydrogen-bond donors (Lipinski definition) is 2. The number of carbonyl (C=O) groups excluding carboxylic acids is 2. The Bertz CT molecular complexity index is 1300. The highest BCUT2D eigenvalue weighted by atomic mass is 35.5. The summed E-state index contributed by atoms with van der Waals surface area (Å²) in [5, 5.41) is 5.44. The van der Waals surface area contributed by atoms with Crippen LogP contribution < -0.4 is 10.6 Å². The summed E-state index contributed by atoms with van der Waals surface area (Å²) in [7, 11) is 0. The second kappa shape index (κ2) is 9.30. The SMILES string of the molecule is Cc1cc(Cl)cc([C@H]2[C@H](C(=O)Nc3ccc(Cl)c(C(=O)Nc4ncc(F)cc4F)c3)C2(Cl)Cl)c1. The van der Waals surface area contributed by atoms with Gasteiger partial charge < -0.3 is 10.6 Å². The topological polar surface area (TPSA) is 71.1 Å². The van der Waals surface area contributed by atoms with Crippen LogP contribution >= 0.6 is 46.4 Å². The molecule has 2 N–H and O–H groups in total. The summed E-state index contributed by atoms with van der Waals surface area (Å²) >= 11 is 25.0. The Balaban J connectivity index is 1.52. The maximum atomic E-state index is 13.8. The number of pyridine rings is 1. The van der Waals surface area contributed by atoms with E-state index in [9.17, 15) is 18.4 Å². The first-order chi connectivity index (χ1) is 16.0. The monoisotopic (exact) mass is 543 g/mol. The largest absolute Gasteiger partial charge is 0.326 e. The summed E-state index contributed by atoms with van der Waals surface area (Å²) < 4.78 is 25.5. The number of benzene rings is 2. The minimum absolute atomic E-state index is 0.0424. The van der Waals surface area contributed by atoms with Crippen molar-refractivity contribution in [2.75, 3.05) is 10.6 Å². The third kappa shape index (κ3) is 4.98. The van der Waals surface area contributed by atoms with Gasteiger partial charge in [0.05, 0.1) is 22.7 Å². The lowest BCUT2D eigenvalue weighted by Gasteiger charge is -2.10. The Labute approximate surface area is 213 Å². The van der Waals surface area contributed by atoms with Crippen molar-refractivity contribution in [1.82, 2.24) is 4.98 Å². The predicted octanol–water partition coefficient (Wildman–Crippen LogP) is 6.75. The van der Waals surface area contributed by atoms with Crippen LogP contribution in [0.15, 0.2) is 48.7 Å². The number of rotatable bonds is 5. The maximum absolute atomic E-state index is 13.8. The molecule has 0 bridgehead atoms. The van der Waals surface area contributed by atoms with Gasteiger partial charge in [-0.3, -0.25) is 9.59 Å². The Morgan fingerprint density at radius 3 is 2.44 bits per heavy atom. The molecule has 1 saturated carbocycles. The van der Waals surface area contributed by atoms with Gasteiger partial charge in [-0.25, -0.2) is 13.8 Å². The van der Waals surface area contributed by atoms with Crippen molar-refractivity contribution in [2.45, 2.75) is 17.2 Å². The molecule has 11 heteroatoms. The van der Waals surface area contributed by atoms with Gasteiger partial charge in [0.15, 0.2) is 11.6 Å². The average Bonchev–Trinajstić information content (AvgIpc) is 3.33. The van der Waals surface area contributed by atoms with Gasteiger partial charge in [0.2, 0.25) is 5.91 Å². The second-order valence-corrected chi connectivity index (χ2v) is 10.1. The highest BCUT2D eigenvalue weighted by Crippen LogP contribution is 2.65. The first-order valence-electron chi connectivity index (χ1n) is 9.85. The molecule has 2 aromatic carbocycles. The number of alkyl halides is 2. The zero-order chi connectivity index (χ0) is 24.8. The summed E-state index contributed by atoms with van der Waals surface area (Å²) in [6.45, 7) is 1.87. The van der Waals surface area contributed by atoms with Crippen LogP contribution in [-0.4, -0.2) is 21.1 Å². The molecule has 2 atom stereocenters. The van der Waals surface area contributed by atoms with Crippen LogP contribution in [0, 0.1) is 24.5 Å². The number of aryl methyl sites for hydroxylation is 1. The first-order valence-corrected chi connectivity index (χ1v) is 11.4. The van der Waals surface area contributed by atoms with Crippen LogP contribution in [0.25, 0.3) is 0 Å². The summed E-state index contributed by atoms with van der Waals surface area (Å²) in [6.07, 6.45) is 0.759. The van der Waals surface area contributed by atoms with Gasteiger partial charge in [0.1, 0.15) is 10.2 Å². The molecular weight excluding hydrogens is 530 g/mol. The van der Waals surface area contributed by atoms with Gasteiger partial charge >= 0.3 is 0 Å². The van der Waals surface area contributed by atoms with Crippen molar-refractivity contribution in [3.8, 4) is 0 Å². The van der Waals surface area contributed by atoms with E-state index in [4.69, 9.17) is 46.4 Å². The molecule has 1 aliphatic rings. The third-order valence-electron chi connectivity index (χ3n) is 5.28. The van der Waals surface area contributed by atoms with Gasteiger partial charge in [0.25, 0.3) is 5.91 Å². The number of aromatic nitrogens is 1. The summed E-state index contributed by atoms with van der Waals surface area (Å²) in [6, 6.07) is 10.1. The molecule has 34 heavy (non-hydrogen) atoms. The van der Waals surface area contributed by atoms with Crippen LogP contribution in [-0.2, 0) is 4.79 Å². The van der Waals surface area contributed by atoms with Crippen LogP contribution in [0.2, 0.25) is 10.0 Å². The number of nitrogens with one attached hydrogen (secondary N) is 2. The third-order valence-corrected chi connectivity index (χ3v) is 6.77. The van der Waals surface area contributed by atoms with Gasteiger partial charge in [-0.2, -0.15) is 0 Å². The lowest BCUT2D eigenvalue weighted by atomic mass is 10.1. The van der Waals surface area contributed by atoms with Crippen LogP contribution in [0.1, 0.15) is 27.4 Å². The highest BCUT2D eigenvalue weighted by molar-refractivity contribution is 6.53. The molecule has 0 aliphatic heterocycles.